The summed E-state index contributed by atoms with van der Waals surface area (Å²) in [7, 11) is 1.79. The summed E-state index contributed by atoms with van der Waals surface area (Å²) in [6.07, 6.45) is 0. The average molecular weight is 469 g/mol. The van der Waals surface area contributed by atoms with Gasteiger partial charge in [0.25, 0.3) is 5.56 Å². The standard InChI is InChI=1S/C12H8Br2INO/c1-16-11(5-4-10(15)12(16)17)8-3-2-7(13)6-9(8)14/h2-6H,1H3. The lowest BCUT2D eigenvalue weighted by molar-refractivity contribution is 0.862. The van der Waals surface area contributed by atoms with E-state index in [0.29, 0.717) is 0 Å². The fourth-order valence-corrected chi connectivity index (χ4v) is 3.36. The number of benzene rings is 1. The van der Waals surface area contributed by atoms with Crippen molar-refractivity contribution in [2.24, 2.45) is 7.05 Å². The lowest BCUT2D eigenvalue weighted by Gasteiger charge is -2.10. The van der Waals surface area contributed by atoms with Crippen LogP contribution in [0.1, 0.15) is 0 Å². The zero-order valence-corrected chi connectivity index (χ0v) is 14.2. The maximum absolute atomic E-state index is 11.9. The normalized spacial score (nSPS) is 10.6. The van der Waals surface area contributed by atoms with Crippen molar-refractivity contribution in [3.8, 4) is 11.3 Å². The number of halogens is 3. The van der Waals surface area contributed by atoms with Crippen LogP contribution in [0.4, 0.5) is 0 Å². The van der Waals surface area contributed by atoms with Crippen molar-refractivity contribution in [2.45, 2.75) is 0 Å². The van der Waals surface area contributed by atoms with Gasteiger partial charge >= 0.3 is 0 Å². The SMILES string of the molecule is Cn1c(-c2ccc(Br)cc2Br)ccc(I)c1=O. The van der Waals surface area contributed by atoms with E-state index in [0.717, 1.165) is 23.8 Å². The zero-order chi connectivity index (χ0) is 12.6. The van der Waals surface area contributed by atoms with Gasteiger partial charge in [-0.25, -0.2) is 0 Å². The van der Waals surface area contributed by atoms with Crippen LogP contribution < -0.4 is 5.56 Å². The molecule has 0 saturated carbocycles. The van der Waals surface area contributed by atoms with Crippen LogP contribution in [0.2, 0.25) is 0 Å². The van der Waals surface area contributed by atoms with Crippen molar-refractivity contribution in [3.63, 3.8) is 0 Å². The van der Waals surface area contributed by atoms with E-state index in [4.69, 9.17) is 0 Å². The third kappa shape index (κ3) is 2.66. The molecular weight excluding hydrogens is 461 g/mol. The number of hydrogen-bond donors (Lipinski definition) is 0. The minimum Gasteiger partial charge on any atom is -0.310 e. The van der Waals surface area contributed by atoms with E-state index >= 15 is 0 Å². The van der Waals surface area contributed by atoms with Crippen molar-refractivity contribution in [2.75, 3.05) is 0 Å². The van der Waals surface area contributed by atoms with E-state index in [1.165, 1.54) is 0 Å². The van der Waals surface area contributed by atoms with E-state index in [1.54, 1.807) is 11.6 Å². The molecule has 0 aliphatic rings. The smallest absolute Gasteiger partial charge is 0.264 e. The van der Waals surface area contributed by atoms with Gasteiger partial charge in [-0.15, -0.1) is 0 Å². The second-order valence-corrected chi connectivity index (χ2v) is 6.49. The first-order chi connectivity index (χ1) is 8.00. The Hall–Kier alpha value is -0.140. The largest absolute Gasteiger partial charge is 0.310 e. The van der Waals surface area contributed by atoms with Gasteiger partial charge in [0, 0.05) is 21.6 Å². The van der Waals surface area contributed by atoms with Gasteiger partial charge in [-0.2, -0.15) is 0 Å². The van der Waals surface area contributed by atoms with Crippen LogP contribution in [0.5, 0.6) is 0 Å². The summed E-state index contributed by atoms with van der Waals surface area (Å²) in [6, 6.07) is 9.71. The molecule has 0 atom stereocenters. The Labute approximate surface area is 129 Å². The third-order valence-electron chi connectivity index (χ3n) is 2.46. The molecule has 5 heteroatoms. The summed E-state index contributed by atoms with van der Waals surface area (Å²) < 4.78 is 4.35. The Balaban J connectivity index is 2.69. The Morgan fingerprint density at radius 2 is 1.88 bits per heavy atom. The van der Waals surface area contributed by atoms with E-state index in [2.05, 4.69) is 31.9 Å². The van der Waals surface area contributed by atoms with Crippen molar-refractivity contribution in [3.05, 3.63) is 53.2 Å². The predicted molar refractivity (Wildman–Crippen MR) is 85.2 cm³/mol. The summed E-state index contributed by atoms with van der Waals surface area (Å²) in [5.41, 5.74) is 1.93. The first-order valence-corrected chi connectivity index (χ1v) is 7.48. The van der Waals surface area contributed by atoms with Crippen LogP contribution in [0.15, 0.2) is 44.1 Å². The summed E-state index contributed by atoms with van der Waals surface area (Å²) in [5.74, 6) is 0. The lowest BCUT2D eigenvalue weighted by Crippen LogP contribution is -2.20. The number of nitrogens with zero attached hydrogens (tertiary/aromatic N) is 1. The molecular formula is C12H8Br2INO. The molecule has 1 heterocycles. The second kappa shape index (κ2) is 5.24. The van der Waals surface area contributed by atoms with E-state index in [-0.39, 0.29) is 5.56 Å². The predicted octanol–water partition coefficient (Wildman–Crippen LogP) is 4.18. The zero-order valence-electron chi connectivity index (χ0n) is 8.88. The van der Waals surface area contributed by atoms with E-state index < -0.39 is 0 Å². The fourth-order valence-electron chi connectivity index (χ4n) is 1.57. The van der Waals surface area contributed by atoms with Crippen LogP contribution in [0.25, 0.3) is 11.3 Å². The molecule has 2 nitrogen and oxygen atoms in total. The van der Waals surface area contributed by atoms with Crippen molar-refractivity contribution in [1.82, 2.24) is 4.57 Å². The summed E-state index contributed by atoms with van der Waals surface area (Å²) in [6.45, 7) is 0. The van der Waals surface area contributed by atoms with Gasteiger partial charge < -0.3 is 4.57 Å². The molecule has 0 fully saturated rings. The number of hydrogen-bond acceptors (Lipinski definition) is 1. The van der Waals surface area contributed by atoms with Gasteiger partial charge in [-0.05, 0) is 46.9 Å². The molecule has 2 rings (SSSR count). The maximum atomic E-state index is 11.9. The highest BCUT2D eigenvalue weighted by molar-refractivity contribution is 14.1. The van der Waals surface area contributed by atoms with Crippen molar-refractivity contribution < 1.29 is 0 Å². The lowest BCUT2D eigenvalue weighted by atomic mass is 10.1. The topological polar surface area (TPSA) is 22.0 Å². The molecule has 17 heavy (non-hydrogen) atoms. The molecule has 1 aromatic heterocycles. The molecule has 88 valence electrons. The van der Waals surface area contributed by atoms with Crippen LogP contribution in [-0.4, -0.2) is 4.57 Å². The van der Waals surface area contributed by atoms with Crippen molar-refractivity contribution in [1.29, 1.82) is 0 Å². The minimum absolute atomic E-state index is 0.0259. The molecule has 0 spiro atoms. The molecule has 0 N–H and O–H groups in total. The molecule has 2 aromatic rings. The maximum Gasteiger partial charge on any atom is 0.264 e. The van der Waals surface area contributed by atoms with Gasteiger partial charge in [-0.3, -0.25) is 4.79 Å². The highest BCUT2D eigenvalue weighted by atomic mass is 127. The first kappa shape index (κ1) is 13.3. The van der Waals surface area contributed by atoms with Gasteiger partial charge in [0.15, 0.2) is 0 Å². The molecule has 0 unspecified atom stereocenters. The van der Waals surface area contributed by atoms with Gasteiger partial charge in [0.05, 0.1) is 9.26 Å². The molecule has 0 radical (unpaired) electrons. The van der Waals surface area contributed by atoms with Crippen LogP contribution in [0, 0.1) is 3.57 Å². The Morgan fingerprint density at radius 3 is 2.53 bits per heavy atom. The van der Waals surface area contributed by atoms with Gasteiger partial charge in [0.2, 0.25) is 0 Å². The van der Waals surface area contributed by atoms with Crippen molar-refractivity contribution >= 4 is 54.5 Å². The number of pyridine rings is 1. The second-order valence-electron chi connectivity index (χ2n) is 3.55. The Kier molecular flexibility index (Phi) is 4.10. The van der Waals surface area contributed by atoms with Crippen LogP contribution in [0.3, 0.4) is 0 Å². The number of aromatic nitrogens is 1. The summed E-state index contributed by atoms with van der Waals surface area (Å²) in [4.78, 5) is 11.9. The summed E-state index contributed by atoms with van der Waals surface area (Å²) >= 11 is 8.97. The summed E-state index contributed by atoms with van der Waals surface area (Å²) in [5, 5.41) is 0. The quantitative estimate of drug-likeness (QED) is 0.575. The Morgan fingerprint density at radius 1 is 1.18 bits per heavy atom. The fraction of sp³-hybridized carbons (Fsp3) is 0.0833. The molecule has 0 bridgehead atoms. The Bertz CT molecular complexity index is 637. The van der Waals surface area contributed by atoms with Gasteiger partial charge in [-0.1, -0.05) is 37.9 Å². The van der Waals surface area contributed by atoms with Crippen LogP contribution >= 0.6 is 54.5 Å². The third-order valence-corrected chi connectivity index (χ3v) is 4.44. The van der Waals surface area contributed by atoms with Gasteiger partial charge in [0.1, 0.15) is 0 Å². The molecule has 0 saturated heterocycles. The molecule has 0 amide bonds. The van der Waals surface area contributed by atoms with E-state index in [1.807, 2.05) is 52.9 Å². The molecule has 0 aliphatic carbocycles. The van der Waals surface area contributed by atoms with Crippen LogP contribution in [-0.2, 0) is 7.05 Å². The highest BCUT2D eigenvalue weighted by Gasteiger charge is 2.09. The molecule has 0 aliphatic heterocycles. The molecule has 1 aromatic carbocycles. The average Bonchev–Trinajstić information content (AvgIpc) is 2.28. The van der Waals surface area contributed by atoms with E-state index in [9.17, 15) is 4.79 Å². The highest BCUT2D eigenvalue weighted by Crippen LogP contribution is 2.30. The minimum atomic E-state index is 0.0259. The first-order valence-electron chi connectivity index (χ1n) is 4.81. The number of rotatable bonds is 1. The monoisotopic (exact) mass is 467 g/mol.